The van der Waals surface area contributed by atoms with Gasteiger partial charge in [-0.3, -0.25) is 4.90 Å². The van der Waals surface area contributed by atoms with Crippen LogP contribution in [0.3, 0.4) is 0 Å². The highest BCUT2D eigenvalue weighted by molar-refractivity contribution is 4.79. The average Bonchev–Trinajstić information content (AvgIpc) is 2.14. The maximum absolute atomic E-state index is 5.53. The third kappa shape index (κ3) is 4.81. The molecule has 1 aliphatic heterocycles. The Morgan fingerprint density at radius 2 is 1.69 bits per heavy atom. The van der Waals surface area contributed by atoms with Gasteiger partial charge in [0.05, 0.1) is 5.60 Å². The zero-order chi connectivity index (χ0) is 12.2. The number of hydrogen-bond donors (Lipinski definition) is 1. The van der Waals surface area contributed by atoms with Gasteiger partial charge in [0.15, 0.2) is 0 Å². The molecule has 1 fully saturated rings. The Hall–Kier alpha value is -0.120. The van der Waals surface area contributed by atoms with Crippen LogP contribution >= 0.6 is 0 Å². The van der Waals surface area contributed by atoms with Crippen molar-refractivity contribution in [3.8, 4) is 0 Å². The van der Waals surface area contributed by atoms with Gasteiger partial charge in [-0.15, -0.1) is 0 Å². The van der Waals surface area contributed by atoms with Crippen LogP contribution in [0.4, 0.5) is 0 Å². The largest absolute Gasteiger partial charge is 0.377 e. The van der Waals surface area contributed by atoms with E-state index in [1.807, 2.05) is 0 Å². The van der Waals surface area contributed by atoms with Gasteiger partial charge in [-0.05, 0) is 38.8 Å². The van der Waals surface area contributed by atoms with Gasteiger partial charge in [-0.25, -0.2) is 0 Å². The van der Waals surface area contributed by atoms with Crippen LogP contribution in [0.15, 0.2) is 0 Å². The summed E-state index contributed by atoms with van der Waals surface area (Å²) in [4.78, 5) is 2.56. The first-order valence-electron chi connectivity index (χ1n) is 6.41. The van der Waals surface area contributed by atoms with E-state index in [-0.39, 0.29) is 5.60 Å². The average molecular weight is 228 g/mol. The van der Waals surface area contributed by atoms with Crippen LogP contribution in [0, 0.1) is 11.8 Å². The van der Waals surface area contributed by atoms with E-state index in [0.717, 1.165) is 31.5 Å². The van der Waals surface area contributed by atoms with Crippen molar-refractivity contribution in [2.45, 2.75) is 33.3 Å². The summed E-state index contributed by atoms with van der Waals surface area (Å²) in [6, 6.07) is 0. The number of ether oxygens (including phenoxy) is 1. The highest BCUT2D eigenvalue weighted by Gasteiger charge is 2.24. The molecule has 3 heteroatoms. The minimum absolute atomic E-state index is 0.0356. The standard InChI is InChI=1S/C13H28N2O/c1-11-6-14-7-12(2)9-15(8-11)10-13(3,4)16-5/h11-12,14H,6-10H2,1-5H3. The van der Waals surface area contributed by atoms with Crippen molar-refractivity contribution in [3.63, 3.8) is 0 Å². The molecular formula is C13H28N2O. The normalized spacial score (nSPS) is 29.8. The number of nitrogens with zero attached hydrogens (tertiary/aromatic N) is 1. The fraction of sp³-hybridized carbons (Fsp3) is 1.00. The van der Waals surface area contributed by atoms with Crippen LogP contribution in [0.2, 0.25) is 0 Å². The molecule has 1 heterocycles. The second kappa shape index (κ2) is 5.99. The summed E-state index contributed by atoms with van der Waals surface area (Å²) in [6.45, 7) is 14.6. The summed E-state index contributed by atoms with van der Waals surface area (Å²) in [7, 11) is 1.80. The molecular weight excluding hydrogens is 200 g/mol. The van der Waals surface area contributed by atoms with Gasteiger partial charge in [0, 0.05) is 26.7 Å². The first-order chi connectivity index (χ1) is 7.43. The van der Waals surface area contributed by atoms with Crippen molar-refractivity contribution < 1.29 is 4.74 Å². The SMILES string of the molecule is COC(C)(C)CN1CC(C)CNCC(C)C1. The number of nitrogens with one attached hydrogen (secondary N) is 1. The lowest BCUT2D eigenvalue weighted by molar-refractivity contribution is -0.0145. The van der Waals surface area contributed by atoms with E-state index in [1.54, 1.807) is 7.11 Å². The molecule has 0 aromatic carbocycles. The molecule has 0 amide bonds. The van der Waals surface area contributed by atoms with Crippen molar-refractivity contribution in [1.82, 2.24) is 10.2 Å². The van der Waals surface area contributed by atoms with E-state index in [4.69, 9.17) is 4.74 Å². The summed E-state index contributed by atoms with van der Waals surface area (Å²) in [5.41, 5.74) is -0.0356. The van der Waals surface area contributed by atoms with Gasteiger partial charge in [0.1, 0.15) is 0 Å². The van der Waals surface area contributed by atoms with Crippen molar-refractivity contribution in [2.75, 3.05) is 39.8 Å². The molecule has 96 valence electrons. The second-order valence-electron chi connectivity index (χ2n) is 6.03. The van der Waals surface area contributed by atoms with Crippen LogP contribution in [0.5, 0.6) is 0 Å². The van der Waals surface area contributed by atoms with Crippen LogP contribution in [-0.2, 0) is 4.74 Å². The predicted molar refractivity (Wildman–Crippen MR) is 68.7 cm³/mol. The first-order valence-corrected chi connectivity index (χ1v) is 6.41. The van der Waals surface area contributed by atoms with Crippen molar-refractivity contribution in [3.05, 3.63) is 0 Å². The highest BCUT2D eigenvalue weighted by atomic mass is 16.5. The lowest BCUT2D eigenvalue weighted by atomic mass is 10.0. The van der Waals surface area contributed by atoms with E-state index >= 15 is 0 Å². The third-order valence-electron chi connectivity index (χ3n) is 3.28. The zero-order valence-electron chi connectivity index (χ0n) is 11.5. The molecule has 2 atom stereocenters. The molecule has 1 saturated heterocycles. The van der Waals surface area contributed by atoms with Gasteiger partial charge in [-0.2, -0.15) is 0 Å². The van der Waals surface area contributed by atoms with E-state index in [9.17, 15) is 0 Å². The number of rotatable bonds is 3. The molecule has 0 radical (unpaired) electrons. The molecule has 1 rings (SSSR count). The molecule has 0 bridgehead atoms. The van der Waals surface area contributed by atoms with E-state index < -0.39 is 0 Å². The Bertz CT molecular complexity index is 194. The minimum atomic E-state index is -0.0356. The van der Waals surface area contributed by atoms with Crippen LogP contribution in [0.25, 0.3) is 0 Å². The van der Waals surface area contributed by atoms with Crippen molar-refractivity contribution >= 4 is 0 Å². The Morgan fingerprint density at radius 1 is 1.19 bits per heavy atom. The topological polar surface area (TPSA) is 24.5 Å². The lowest BCUT2D eigenvalue weighted by Gasteiger charge is -2.36. The minimum Gasteiger partial charge on any atom is -0.377 e. The second-order valence-corrected chi connectivity index (χ2v) is 6.03. The van der Waals surface area contributed by atoms with E-state index in [0.29, 0.717) is 0 Å². The maximum atomic E-state index is 5.53. The van der Waals surface area contributed by atoms with Gasteiger partial charge in [-0.1, -0.05) is 13.8 Å². The molecule has 0 saturated carbocycles. The number of methoxy groups -OCH3 is 1. The molecule has 0 aromatic heterocycles. The van der Waals surface area contributed by atoms with E-state index in [1.165, 1.54) is 13.1 Å². The summed E-state index contributed by atoms with van der Waals surface area (Å²) >= 11 is 0. The molecule has 0 aliphatic carbocycles. The smallest absolute Gasteiger partial charge is 0.0749 e. The fourth-order valence-corrected chi connectivity index (χ4v) is 2.39. The molecule has 1 aliphatic rings. The Balaban J connectivity index is 2.53. The Morgan fingerprint density at radius 3 is 2.12 bits per heavy atom. The zero-order valence-corrected chi connectivity index (χ0v) is 11.5. The van der Waals surface area contributed by atoms with Crippen LogP contribution in [-0.4, -0.2) is 50.3 Å². The Labute approximate surface area is 101 Å². The van der Waals surface area contributed by atoms with E-state index in [2.05, 4.69) is 37.9 Å². The molecule has 0 aromatic rings. The summed E-state index contributed by atoms with van der Waals surface area (Å²) in [6.07, 6.45) is 0. The summed E-state index contributed by atoms with van der Waals surface area (Å²) in [5.74, 6) is 1.44. The van der Waals surface area contributed by atoms with Crippen LogP contribution in [0.1, 0.15) is 27.7 Å². The molecule has 0 spiro atoms. The quantitative estimate of drug-likeness (QED) is 0.794. The highest BCUT2D eigenvalue weighted by Crippen LogP contribution is 2.14. The van der Waals surface area contributed by atoms with Gasteiger partial charge in [0.25, 0.3) is 0 Å². The van der Waals surface area contributed by atoms with Gasteiger partial charge in [0.2, 0.25) is 0 Å². The fourth-order valence-electron chi connectivity index (χ4n) is 2.39. The number of hydrogen-bond acceptors (Lipinski definition) is 3. The molecule has 3 nitrogen and oxygen atoms in total. The maximum Gasteiger partial charge on any atom is 0.0749 e. The van der Waals surface area contributed by atoms with Gasteiger partial charge < -0.3 is 10.1 Å². The lowest BCUT2D eigenvalue weighted by Crippen LogP contribution is -2.48. The summed E-state index contributed by atoms with van der Waals surface area (Å²) < 4.78 is 5.53. The first kappa shape index (κ1) is 13.9. The van der Waals surface area contributed by atoms with Crippen LogP contribution < -0.4 is 5.32 Å². The monoisotopic (exact) mass is 228 g/mol. The third-order valence-corrected chi connectivity index (χ3v) is 3.28. The van der Waals surface area contributed by atoms with Gasteiger partial charge >= 0.3 is 0 Å². The van der Waals surface area contributed by atoms with Crippen molar-refractivity contribution in [2.24, 2.45) is 11.8 Å². The van der Waals surface area contributed by atoms with Crippen molar-refractivity contribution in [1.29, 1.82) is 0 Å². The predicted octanol–water partition coefficient (Wildman–Crippen LogP) is 1.59. The molecule has 2 unspecified atom stereocenters. The molecule has 16 heavy (non-hydrogen) atoms. The Kier molecular flexibility index (Phi) is 5.22. The molecule has 1 N–H and O–H groups in total. The summed E-state index contributed by atoms with van der Waals surface area (Å²) in [5, 5.41) is 3.53.